The van der Waals surface area contributed by atoms with Crippen LogP contribution in [0.2, 0.25) is 0 Å². The standard InChI is InChI=1S/C48H49NS/c1-46(2)22-23-47(3,4)42-29-37(18-20-40(42)46)49(36-14-9-6-10-15-36)38-19-21-44-43(30-38)48(34-25-31-24-32(27-34)28-35(48)26-31)41-17-11-16-39(45(41)50-44)33-12-7-5-8-13-33/h5-21,29-32,34-35H,22-28H2,1-4H3. The largest absolute Gasteiger partial charge is 0.310 e. The van der Waals surface area contributed by atoms with Gasteiger partial charge in [-0.25, -0.2) is 0 Å². The van der Waals surface area contributed by atoms with Gasteiger partial charge in [0, 0.05) is 32.3 Å². The van der Waals surface area contributed by atoms with Crippen LogP contribution in [0.25, 0.3) is 11.1 Å². The molecule has 5 aromatic carbocycles. The lowest BCUT2D eigenvalue weighted by Crippen LogP contribution is -2.57. The van der Waals surface area contributed by atoms with Crippen LogP contribution in [0.15, 0.2) is 125 Å². The maximum Gasteiger partial charge on any atom is 0.0465 e. The van der Waals surface area contributed by atoms with Crippen LogP contribution in [-0.2, 0) is 16.2 Å². The van der Waals surface area contributed by atoms with Crippen molar-refractivity contribution in [1.29, 1.82) is 0 Å². The van der Waals surface area contributed by atoms with Crippen molar-refractivity contribution in [3.05, 3.63) is 138 Å². The fourth-order valence-electron chi connectivity index (χ4n) is 11.7. The number of para-hydroxylation sites is 1. The first-order valence-electron chi connectivity index (χ1n) is 19.2. The van der Waals surface area contributed by atoms with Gasteiger partial charge in [-0.3, -0.25) is 0 Å². The minimum Gasteiger partial charge on any atom is -0.310 e. The van der Waals surface area contributed by atoms with Gasteiger partial charge in [0.2, 0.25) is 0 Å². The number of hydrogen-bond donors (Lipinski definition) is 0. The SMILES string of the molecule is CC1(C)CCC(C)(C)c2cc(N(c3ccccc3)c3ccc4c(c3)C3(c5cccc(-c6ccccc6)c5S4)C4CC5CC(C4)CC3C5)ccc21. The molecule has 0 aromatic heterocycles. The molecule has 0 amide bonds. The number of anilines is 3. The Morgan fingerprint density at radius 1 is 0.520 bits per heavy atom. The second-order valence-corrected chi connectivity index (χ2v) is 18.7. The Hall–Kier alpha value is -3.75. The number of benzene rings is 5. The second-order valence-electron chi connectivity index (χ2n) is 17.7. The third-order valence-electron chi connectivity index (χ3n) is 14.0. The molecule has 1 spiro atoms. The molecule has 1 nitrogen and oxygen atoms in total. The van der Waals surface area contributed by atoms with Crippen LogP contribution in [0, 0.1) is 23.7 Å². The molecule has 0 atom stereocenters. The summed E-state index contributed by atoms with van der Waals surface area (Å²) < 4.78 is 0. The first kappa shape index (κ1) is 31.0. The molecular weight excluding hydrogens is 623 g/mol. The number of fused-ring (bicyclic) bond motifs is 3. The second kappa shape index (κ2) is 11.1. The third kappa shape index (κ3) is 4.52. The highest BCUT2D eigenvalue weighted by molar-refractivity contribution is 7.99. The van der Waals surface area contributed by atoms with E-state index in [0.717, 1.165) is 11.8 Å². The van der Waals surface area contributed by atoms with E-state index in [1.54, 1.807) is 11.1 Å². The number of rotatable bonds is 4. The van der Waals surface area contributed by atoms with Crippen molar-refractivity contribution in [2.24, 2.45) is 23.7 Å². The molecule has 1 aliphatic heterocycles. The molecule has 252 valence electrons. The quantitative estimate of drug-likeness (QED) is 0.187. The van der Waals surface area contributed by atoms with Crippen molar-refractivity contribution in [3.63, 3.8) is 0 Å². The highest BCUT2D eigenvalue weighted by atomic mass is 32.2. The Morgan fingerprint density at radius 2 is 1.12 bits per heavy atom. The monoisotopic (exact) mass is 671 g/mol. The fourth-order valence-corrected chi connectivity index (χ4v) is 13.0. The van der Waals surface area contributed by atoms with Crippen LogP contribution in [0.1, 0.15) is 94.9 Å². The maximum atomic E-state index is 2.66. The molecule has 0 radical (unpaired) electrons. The van der Waals surface area contributed by atoms with Crippen LogP contribution in [0.5, 0.6) is 0 Å². The van der Waals surface area contributed by atoms with E-state index < -0.39 is 0 Å². The Kier molecular flexibility index (Phi) is 6.90. The van der Waals surface area contributed by atoms with E-state index in [9.17, 15) is 0 Å². The zero-order valence-corrected chi connectivity index (χ0v) is 30.9. The molecule has 1 heterocycles. The van der Waals surface area contributed by atoms with E-state index in [1.807, 2.05) is 11.8 Å². The predicted molar refractivity (Wildman–Crippen MR) is 210 cm³/mol. The predicted octanol–water partition coefficient (Wildman–Crippen LogP) is 13.4. The van der Waals surface area contributed by atoms with Crippen molar-refractivity contribution < 1.29 is 0 Å². The summed E-state index contributed by atoms with van der Waals surface area (Å²) in [6.45, 7) is 9.76. The summed E-state index contributed by atoms with van der Waals surface area (Å²) in [5.41, 5.74) is 13.2. The normalized spacial score (nSPS) is 27.8. The number of nitrogens with zero attached hydrogens (tertiary/aromatic N) is 1. The molecule has 6 aliphatic rings. The first-order valence-corrected chi connectivity index (χ1v) is 20.1. The molecule has 4 bridgehead atoms. The van der Waals surface area contributed by atoms with Crippen molar-refractivity contribution in [3.8, 4) is 11.1 Å². The maximum absolute atomic E-state index is 2.66. The Balaban J connectivity index is 1.18. The molecule has 50 heavy (non-hydrogen) atoms. The highest BCUT2D eigenvalue weighted by Crippen LogP contribution is 2.69. The van der Waals surface area contributed by atoms with Gasteiger partial charge in [-0.2, -0.15) is 0 Å². The zero-order valence-electron chi connectivity index (χ0n) is 30.1. The smallest absolute Gasteiger partial charge is 0.0465 e. The molecule has 4 saturated carbocycles. The summed E-state index contributed by atoms with van der Waals surface area (Å²) in [4.78, 5) is 5.53. The summed E-state index contributed by atoms with van der Waals surface area (Å²) >= 11 is 2.03. The molecule has 2 heteroatoms. The van der Waals surface area contributed by atoms with E-state index in [4.69, 9.17) is 0 Å². The molecule has 0 N–H and O–H groups in total. The minimum absolute atomic E-state index is 0.0639. The van der Waals surface area contributed by atoms with Gasteiger partial charge in [0.1, 0.15) is 0 Å². The van der Waals surface area contributed by atoms with E-state index in [-0.39, 0.29) is 16.2 Å². The van der Waals surface area contributed by atoms with Gasteiger partial charge in [0.25, 0.3) is 0 Å². The lowest BCUT2D eigenvalue weighted by molar-refractivity contribution is -0.0443. The van der Waals surface area contributed by atoms with Crippen LogP contribution in [0.4, 0.5) is 17.1 Å². The molecule has 0 unspecified atom stereocenters. The van der Waals surface area contributed by atoms with Gasteiger partial charge >= 0.3 is 0 Å². The van der Waals surface area contributed by atoms with E-state index in [0.29, 0.717) is 11.8 Å². The lowest BCUT2D eigenvalue weighted by atomic mass is 9.42. The van der Waals surface area contributed by atoms with Crippen molar-refractivity contribution in [1.82, 2.24) is 0 Å². The highest BCUT2D eigenvalue weighted by Gasteiger charge is 2.61. The van der Waals surface area contributed by atoms with Crippen LogP contribution < -0.4 is 4.90 Å². The topological polar surface area (TPSA) is 3.24 Å². The Labute approximate surface area is 303 Å². The number of hydrogen-bond acceptors (Lipinski definition) is 2. The summed E-state index contributed by atoms with van der Waals surface area (Å²) in [6.07, 6.45) is 9.45. The van der Waals surface area contributed by atoms with Crippen molar-refractivity contribution >= 4 is 28.8 Å². The summed E-state index contributed by atoms with van der Waals surface area (Å²) in [6, 6.07) is 44.5. The van der Waals surface area contributed by atoms with Gasteiger partial charge in [-0.05, 0) is 155 Å². The third-order valence-corrected chi connectivity index (χ3v) is 15.2. The van der Waals surface area contributed by atoms with E-state index >= 15 is 0 Å². The summed E-state index contributed by atoms with van der Waals surface area (Å²) in [5, 5.41) is 0. The van der Waals surface area contributed by atoms with Crippen LogP contribution in [-0.4, -0.2) is 0 Å². The van der Waals surface area contributed by atoms with Crippen molar-refractivity contribution in [2.45, 2.75) is 98.7 Å². The fraction of sp³-hybridized carbons (Fsp3) is 0.375. The van der Waals surface area contributed by atoms with Gasteiger partial charge in [-0.15, -0.1) is 0 Å². The van der Waals surface area contributed by atoms with Crippen LogP contribution in [0.3, 0.4) is 0 Å². The lowest BCUT2D eigenvalue weighted by Gasteiger charge is -2.63. The summed E-state index contributed by atoms with van der Waals surface area (Å²) in [5.74, 6) is 3.23. The molecular formula is C48H49NS. The van der Waals surface area contributed by atoms with Gasteiger partial charge < -0.3 is 4.90 Å². The molecule has 0 saturated heterocycles. The van der Waals surface area contributed by atoms with Gasteiger partial charge in [0.05, 0.1) is 0 Å². The molecule has 5 aromatic rings. The Morgan fingerprint density at radius 3 is 1.80 bits per heavy atom. The average Bonchev–Trinajstić information content (AvgIpc) is 3.12. The molecule has 5 aliphatic carbocycles. The summed E-state index contributed by atoms with van der Waals surface area (Å²) in [7, 11) is 0. The van der Waals surface area contributed by atoms with Gasteiger partial charge in [0.15, 0.2) is 0 Å². The first-order chi connectivity index (χ1) is 24.2. The Bertz CT molecular complexity index is 2080. The minimum atomic E-state index is 0.0639. The van der Waals surface area contributed by atoms with E-state index in [2.05, 4.69) is 148 Å². The average molecular weight is 672 g/mol. The van der Waals surface area contributed by atoms with E-state index in [1.165, 1.54) is 94.1 Å². The zero-order chi connectivity index (χ0) is 33.8. The van der Waals surface area contributed by atoms with Crippen LogP contribution >= 0.6 is 11.8 Å². The van der Waals surface area contributed by atoms with Crippen molar-refractivity contribution in [2.75, 3.05) is 4.90 Å². The molecule has 4 fully saturated rings. The van der Waals surface area contributed by atoms with Gasteiger partial charge in [-0.1, -0.05) is 112 Å². The molecule has 11 rings (SSSR count).